The van der Waals surface area contributed by atoms with Crippen LogP contribution in [0.15, 0.2) is 18.2 Å². The first-order chi connectivity index (χ1) is 8.69. The summed E-state index contributed by atoms with van der Waals surface area (Å²) >= 11 is 6.13. The highest BCUT2D eigenvalue weighted by Gasteiger charge is 2.17. The largest absolute Gasteiger partial charge is 0.381 e. The first kappa shape index (κ1) is 13.2. The zero-order valence-corrected chi connectivity index (χ0v) is 11.3. The molecule has 0 bridgehead atoms. The Morgan fingerprint density at radius 3 is 3.11 bits per heavy atom. The molecule has 1 aliphatic rings. The third kappa shape index (κ3) is 3.38. The van der Waals surface area contributed by atoms with Gasteiger partial charge < -0.3 is 10.6 Å². The molecule has 0 radical (unpaired) electrons. The fourth-order valence-electron chi connectivity index (χ4n) is 2.41. The minimum absolute atomic E-state index is 0.340. The van der Waals surface area contributed by atoms with Gasteiger partial charge in [-0.3, -0.25) is 0 Å². The van der Waals surface area contributed by atoms with Crippen LogP contribution in [0.5, 0.6) is 0 Å². The lowest BCUT2D eigenvalue weighted by atomic mass is 10.1. The average molecular weight is 264 g/mol. The smallest absolute Gasteiger partial charge is 0.0992 e. The molecular weight excluding hydrogens is 246 g/mol. The summed E-state index contributed by atoms with van der Waals surface area (Å²) in [5, 5.41) is 16.4. The predicted molar refractivity (Wildman–Crippen MR) is 74.9 cm³/mol. The van der Waals surface area contributed by atoms with Crippen molar-refractivity contribution in [1.82, 2.24) is 5.32 Å². The van der Waals surface area contributed by atoms with Crippen LogP contribution in [0.25, 0.3) is 0 Å². The summed E-state index contributed by atoms with van der Waals surface area (Å²) in [5.74, 6) is 0. The van der Waals surface area contributed by atoms with E-state index in [2.05, 4.69) is 23.6 Å². The van der Waals surface area contributed by atoms with Gasteiger partial charge in [0, 0.05) is 12.1 Å². The highest BCUT2D eigenvalue weighted by Crippen LogP contribution is 2.24. The number of halogens is 1. The van der Waals surface area contributed by atoms with E-state index < -0.39 is 0 Å². The number of nitrogens with zero attached hydrogens (tertiary/aromatic N) is 1. The molecule has 0 aliphatic carbocycles. The molecule has 0 saturated carbocycles. The van der Waals surface area contributed by atoms with Gasteiger partial charge in [-0.1, -0.05) is 11.6 Å². The Bertz CT molecular complexity index is 447. The Hall–Kier alpha value is -1.24. The first-order valence-electron chi connectivity index (χ1n) is 6.38. The molecule has 1 aromatic carbocycles. The SMILES string of the molecule is CC(CC1CCCN1)Nc1cc(C#N)ccc1Cl. The fourth-order valence-corrected chi connectivity index (χ4v) is 2.59. The van der Waals surface area contributed by atoms with Crippen LogP contribution in [0.1, 0.15) is 31.7 Å². The molecule has 1 heterocycles. The minimum Gasteiger partial charge on any atom is -0.381 e. The van der Waals surface area contributed by atoms with E-state index in [1.165, 1.54) is 12.8 Å². The van der Waals surface area contributed by atoms with Gasteiger partial charge in [0.2, 0.25) is 0 Å². The Morgan fingerprint density at radius 2 is 2.44 bits per heavy atom. The molecule has 0 spiro atoms. The summed E-state index contributed by atoms with van der Waals surface area (Å²) in [6, 6.07) is 8.38. The summed E-state index contributed by atoms with van der Waals surface area (Å²) < 4.78 is 0. The maximum absolute atomic E-state index is 8.89. The third-order valence-electron chi connectivity index (χ3n) is 3.30. The quantitative estimate of drug-likeness (QED) is 0.877. The molecule has 2 rings (SSSR count). The number of nitrogens with one attached hydrogen (secondary N) is 2. The van der Waals surface area contributed by atoms with Crippen LogP contribution >= 0.6 is 11.6 Å². The van der Waals surface area contributed by atoms with Gasteiger partial charge in [0.15, 0.2) is 0 Å². The molecule has 2 atom stereocenters. The molecule has 0 amide bonds. The van der Waals surface area contributed by atoms with Crippen LogP contribution in [-0.2, 0) is 0 Å². The molecular formula is C14H18ClN3. The molecule has 18 heavy (non-hydrogen) atoms. The Balaban J connectivity index is 1.97. The Morgan fingerprint density at radius 1 is 1.61 bits per heavy atom. The Kier molecular flexibility index (Phi) is 4.46. The second kappa shape index (κ2) is 6.08. The van der Waals surface area contributed by atoms with E-state index >= 15 is 0 Å². The van der Waals surface area contributed by atoms with Crippen molar-refractivity contribution in [3.63, 3.8) is 0 Å². The monoisotopic (exact) mass is 263 g/mol. The van der Waals surface area contributed by atoms with E-state index in [-0.39, 0.29) is 0 Å². The van der Waals surface area contributed by atoms with Crippen molar-refractivity contribution < 1.29 is 0 Å². The molecule has 2 N–H and O–H groups in total. The molecule has 96 valence electrons. The summed E-state index contributed by atoms with van der Waals surface area (Å²) in [6.07, 6.45) is 3.59. The number of anilines is 1. The maximum atomic E-state index is 8.89. The van der Waals surface area contributed by atoms with Gasteiger partial charge in [-0.15, -0.1) is 0 Å². The van der Waals surface area contributed by atoms with Crippen LogP contribution in [-0.4, -0.2) is 18.6 Å². The fraction of sp³-hybridized carbons (Fsp3) is 0.500. The molecule has 3 nitrogen and oxygen atoms in total. The van der Waals surface area contributed by atoms with Gasteiger partial charge in [-0.05, 0) is 50.9 Å². The van der Waals surface area contributed by atoms with Crippen LogP contribution < -0.4 is 10.6 Å². The first-order valence-corrected chi connectivity index (χ1v) is 6.76. The number of hydrogen-bond donors (Lipinski definition) is 2. The lowest BCUT2D eigenvalue weighted by molar-refractivity contribution is 0.523. The lowest BCUT2D eigenvalue weighted by Crippen LogP contribution is -2.29. The Labute approximate surface area is 113 Å². The van der Waals surface area contributed by atoms with Gasteiger partial charge >= 0.3 is 0 Å². The van der Waals surface area contributed by atoms with Crippen LogP contribution in [0, 0.1) is 11.3 Å². The van der Waals surface area contributed by atoms with E-state index in [0.717, 1.165) is 18.7 Å². The van der Waals surface area contributed by atoms with Crippen molar-refractivity contribution in [2.45, 2.75) is 38.3 Å². The van der Waals surface area contributed by atoms with Gasteiger partial charge in [0.05, 0.1) is 22.3 Å². The van der Waals surface area contributed by atoms with Crippen molar-refractivity contribution in [2.75, 3.05) is 11.9 Å². The zero-order chi connectivity index (χ0) is 13.0. The summed E-state index contributed by atoms with van der Waals surface area (Å²) in [6.45, 7) is 3.28. The molecule has 1 fully saturated rings. The van der Waals surface area contributed by atoms with Gasteiger partial charge in [0.1, 0.15) is 0 Å². The summed E-state index contributed by atoms with van der Waals surface area (Å²) in [7, 11) is 0. The number of hydrogen-bond acceptors (Lipinski definition) is 3. The van der Waals surface area contributed by atoms with Gasteiger partial charge in [-0.2, -0.15) is 5.26 Å². The van der Waals surface area contributed by atoms with E-state index in [4.69, 9.17) is 16.9 Å². The molecule has 1 aromatic rings. The maximum Gasteiger partial charge on any atom is 0.0992 e. The normalized spacial score (nSPS) is 20.4. The van der Waals surface area contributed by atoms with Crippen molar-refractivity contribution in [1.29, 1.82) is 5.26 Å². The average Bonchev–Trinajstić information content (AvgIpc) is 2.84. The van der Waals surface area contributed by atoms with Gasteiger partial charge in [-0.25, -0.2) is 0 Å². The van der Waals surface area contributed by atoms with E-state index in [1.807, 2.05) is 0 Å². The van der Waals surface area contributed by atoms with Crippen molar-refractivity contribution in [2.24, 2.45) is 0 Å². The van der Waals surface area contributed by atoms with Crippen molar-refractivity contribution >= 4 is 17.3 Å². The molecule has 0 aromatic heterocycles. The van der Waals surface area contributed by atoms with Crippen LogP contribution in [0.2, 0.25) is 5.02 Å². The van der Waals surface area contributed by atoms with Crippen LogP contribution in [0.3, 0.4) is 0 Å². The molecule has 4 heteroatoms. The number of benzene rings is 1. The van der Waals surface area contributed by atoms with E-state index in [9.17, 15) is 0 Å². The highest BCUT2D eigenvalue weighted by atomic mass is 35.5. The molecule has 1 saturated heterocycles. The van der Waals surface area contributed by atoms with Crippen molar-refractivity contribution in [3.05, 3.63) is 28.8 Å². The molecule has 1 aliphatic heterocycles. The summed E-state index contributed by atoms with van der Waals surface area (Å²) in [5.41, 5.74) is 1.48. The minimum atomic E-state index is 0.340. The standard InChI is InChI=1S/C14H18ClN3/c1-10(7-12-3-2-6-17-12)18-14-8-11(9-16)4-5-13(14)15/h4-5,8,10,12,17-18H,2-3,6-7H2,1H3. The number of nitriles is 1. The second-order valence-corrected chi connectivity index (χ2v) is 5.29. The molecule has 2 unspecified atom stereocenters. The predicted octanol–water partition coefficient (Wildman–Crippen LogP) is 3.15. The topological polar surface area (TPSA) is 47.8 Å². The second-order valence-electron chi connectivity index (χ2n) is 4.88. The van der Waals surface area contributed by atoms with E-state index in [1.54, 1.807) is 18.2 Å². The van der Waals surface area contributed by atoms with Gasteiger partial charge in [0.25, 0.3) is 0 Å². The third-order valence-corrected chi connectivity index (χ3v) is 3.63. The van der Waals surface area contributed by atoms with E-state index in [0.29, 0.717) is 22.7 Å². The lowest BCUT2D eigenvalue weighted by Gasteiger charge is -2.20. The number of rotatable bonds is 4. The highest BCUT2D eigenvalue weighted by molar-refractivity contribution is 6.33. The summed E-state index contributed by atoms with van der Waals surface area (Å²) in [4.78, 5) is 0. The van der Waals surface area contributed by atoms with Crippen LogP contribution in [0.4, 0.5) is 5.69 Å². The zero-order valence-electron chi connectivity index (χ0n) is 10.5. The van der Waals surface area contributed by atoms with Crippen molar-refractivity contribution in [3.8, 4) is 6.07 Å².